The van der Waals surface area contributed by atoms with Crippen molar-refractivity contribution in [2.24, 2.45) is 4.99 Å². The quantitative estimate of drug-likeness (QED) is 0.901. The highest BCUT2D eigenvalue weighted by Gasteiger charge is 2.18. The van der Waals surface area contributed by atoms with Gasteiger partial charge in [-0.25, -0.2) is 0 Å². The van der Waals surface area contributed by atoms with E-state index in [1.54, 1.807) is 0 Å². The molecule has 0 fully saturated rings. The fourth-order valence-electron chi connectivity index (χ4n) is 2.08. The van der Waals surface area contributed by atoms with Gasteiger partial charge in [-0.1, -0.05) is 18.7 Å². The van der Waals surface area contributed by atoms with Crippen LogP contribution < -0.4 is 10.1 Å². The van der Waals surface area contributed by atoms with Crippen LogP contribution in [0.5, 0.6) is 5.75 Å². The predicted octanol–water partition coefficient (Wildman–Crippen LogP) is 4.16. The van der Waals surface area contributed by atoms with Crippen LogP contribution in [0, 0.1) is 0 Å². The van der Waals surface area contributed by atoms with Gasteiger partial charge in [0.25, 0.3) is 0 Å². The predicted molar refractivity (Wildman–Crippen MR) is 84.4 cm³/mol. The monoisotopic (exact) mass is 278 g/mol. The van der Waals surface area contributed by atoms with Crippen molar-refractivity contribution in [3.05, 3.63) is 24.3 Å². The number of benzene rings is 1. The molecule has 1 aromatic rings. The number of nitrogens with one attached hydrogen (secondary N) is 1. The van der Waals surface area contributed by atoms with Gasteiger partial charge in [-0.2, -0.15) is 0 Å². The summed E-state index contributed by atoms with van der Waals surface area (Å²) >= 11 is 1.81. The Bertz CT molecular complexity index is 442. The van der Waals surface area contributed by atoms with Crippen LogP contribution in [0.15, 0.2) is 29.3 Å². The van der Waals surface area contributed by atoms with Gasteiger partial charge in [0.2, 0.25) is 0 Å². The minimum Gasteiger partial charge on any atom is -0.491 e. The van der Waals surface area contributed by atoms with Gasteiger partial charge in [-0.3, -0.25) is 4.99 Å². The SMILES string of the molecule is CC1CC(C)SC(Nc2ccc(OC(C)C)cc2)=N1. The van der Waals surface area contributed by atoms with Crippen molar-refractivity contribution >= 4 is 22.6 Å². The fourth-order valence-corrected chi connectivity index (χ4v) is 3.25. The van der Waals surface area contributed by atoms with Crippen LogP contribution in [-0.2, 0) is 0 Å². The largest absolute Gasteiger partial charge is 0.491 e. The Morgan fingerprint density at radius 2 is 1.95 bits per heavy atom. The van der Waals surface area contributed by atoms with E-state index in [0.717, 1.165) is 23.0 Å². The molecule has 0 aliphatic carbocycles. The highest BCUT2D eigenvalue weighted by molar-refractivity contribution is 8.14. The molecule has 1 aliphatic rings. The number of thioether (sulfide) groups is 1. The summed E-state index contributed by atoms with van der Waals surface area (Å²) in [6, 6.07) is 8.45. The first-order valence-corrected chi connectivity index (χ1v) is 7.69. The lowest BCUT2D eigenvalue weighted by molar-refractivity contribution is 0.242. The maximum Gasteiger partial charge on any atom is 0.161 e. The Kier molecular flexibility index (Phi) is 4.75. The molecular weight excluding hydrogens is 256 g/mol. The lowest BCUT2D eigenvalue weighted by Gasteiger charge is -2.23. The first-order valence-electron chi connectivity index (χ1n) is 6.81. The molecule has 1 aliphatic heterocycles. The molecule has 2 atom stereocenters. The maximum absolute atomic E-state index is 5.63. The number of ether oxygens (including phenoxy) is 1. The van der Waals surface area contributed by atoms with Crippen LogP contribution in [0.1, 0.15) is 34.1 Å². The zero-order valence-electron chi connectivity index (χ0n) is 12.0. The van der Waals surface area contributed by atoms with Crippen LogP contribution in [0.2, 0.25) is 0 Å². The number of hydrogen-bond donors (Lipinski definition) is 1. The minimum absolute atomic E-state index is 0.207. The van der Waals surface area contributed by atoms with Gasteiger partial charge >= 0.3 is 0 Å². The van der Waals surface area contributed by atoms with Crippen LogP contribution in [0.3, 0.4) is 0 Å². The number of aliphatic imine (C=N–C) groups is 1. The van der Waals surface area contributed by atoms with E-state index in [9.17, 15) is 0 Å². The number of amidine groups is 1. The number of rotatable bonds is 3. The molecule has 0 bridgehead atoms. The Labute approximate surface area is 119 Å². The van der Waals surface area contributed by atoms with E-state index in [1.807, 2.05) is 49.9 Å². The average Bonchev–Trinajstić information content (AvgIpc) is 2.29. The molecule has 0 aromatic heterocycles. The molecule has 0 saturated carbocycles. The number of nitrogens with zero attached hydrogens (tertiary/aromatic N) is 1. The van der Waals surface area contributed by atoms with Gasteiger partial charge < -0.3 is 10.1 Å². The molecule has 1 heterocycles. The third-order valence-corrected chi connectivity index (χ3v) is 3.83. The smallest absolute Gasteiger partial charge is 0.161 e. The van der Waals surface area contributed by atoms with E-state index in [2.05, 4.69) is 24.2 Å². The second-order valence-corrected chi connectivity index (χ2v) is 6.69. The Morgan fingerprint density at radius 1 is 1.26 bits per heavy atom. The lowest BCUT2D eigenvalue weighted by atomic mass is 10.2. The summed E-state index contributed by atoms with van der Waals surface area (Å²) in [6.07, 6.45) is 1.36. The summed E-state index contributed by atoms with van der Waals surface area (Å²) in [5.74, 6) is 0.903. The molecule has 104 valence electrons. The van der Waals surface area contributed by atoms with Crippen molar-refractivity contribution in [2.75, 3.05) is 5.32 Å². The van der Waals surface area contributed by atoms with Crippen LogP contribution in [0.25, 0.3) is 0 Å². The molecule has 1 aromatic carbocycles. The maximum atomic E-state index is 5.63. The zero-order chi connectivity index (χ0) is 13.8. The Morgan fingerprint density at radius 3 is 2.53 bits per heavy atom. The summed E-state index contributed by atoms with van der Waals surface area (Å²) in [4.78, 5) is 4.64. The number of hydrogen-bond acceptors (Lipinski definition) is 4. The highest BCUT2D eigenvalue weighted by atomic mass is 32.2. The summed E-state index contributed by atoms with van der Waals surface area (Å²) in [5, 5.41) is 5.02. The molecule has 1 N–H and O–H groups in total. The molecule has 2 unspecified atom stereocenters. The Balaban J connectivity index is 1.99. The van der Waals surface area contributed by atoms with Gasteiger partial charge in [-0.15, -0.1) is 0 Å². The molecule has 0 spiro atoms. The molecule has 0 amide bonds. The first-order chi connectivity index (χ1) is 9.02. The Hall–Kier alpha value is -1.16. The van der Waals surface area contributed by atoms with E-state index in [-0.39, 0.29) is 6.10 Å². The van der Waals surface area contributed by atoms with Crippen molar-refractivity contribution in [3.63, 3.8) is 0 Å². The number of anilines is 1. The molecule has 19 heavy (non-hydrogen) atoms. The fraction of sp³-hybridized carbons (Fsp3) is 0.533. The third kappa shape index (κ3) is 4.46. The van der Waals surface area contributed by atoms with Gasteiger partial charge in [0.1, 0.15) is 5.75 Å². The van der Waals surface area contributed by atoms with Crippen LogP contribution >= 0.6 is 11.8 Å². The van der Waals surface area contributed by atoms with Crippen LogP contribution in [0.4, 0.5) is 5.69 Å². The molecular formula is C15H22N2OS. The minimum atomic E-state index is 0.207. The normalized spacial score (nSPS) is 23.1. The van der Waals surface area contributed by atoms with E-state index < -0.39 is 0 Å². The van der Waals surface area contributed by atoms with Crippen LogP contribution in [-0.4, -0.2) is 22.6 Å². The zero-order valence-corrected chi connectivity index (χ0v) is 12.8. The van der Waals surface area contributed by atoms with Crippen molar-refractivity contribution in [1.82, 2.24) is 0 Å². The lowest BCUT2D eigenvalue weighted by Crippen LogP contribution is -2.22. The molecule has 0 saturated heterocycles. The highest BCUT2D eigenvalue weighted by Crippen LogP contribution is 2.26. The van der Waals surface area contributed by atoms with Gasteiger partial charge in [-0.05, 0) is 51.5 Å². The standard InChI is InChI=1S/C15H22N2OS/c1-10(2)18-14-7-5-13(6-8-14)17-15-16-11(3)9-12(4)19-15/h5-8,10-12H,9H2,1-4H3,(H,16,17). The van der Waals surface area contributed by atoms with Crippen molar-refractivity contribution in [1.29, 1.82) is 0 Å². The van der Waals surface area contributed by atoms with Gasteiger partial charge in [0.05, 0.1) is 12.1 Å². The molecule has 0 radical (unpaired) electrons. The molecule has 4 heteroatoms. The van der Waals surface area contributed by atoms with E-state index in [1.165, 1.54) is 0 Å². The second-order valence-electron chi connectivity index (χ2n) is 5.26. The second kappa shape index (κ2) is 6.33. The van der Waals surface area contributed by atoms with Crippen molar-refractivity contribution < 1.29 is 4.74 Å². The van der Waals surface area contributed by atoms with E-state index >= 15 is 0 Å². The third-order valence-electron chi connectivity index (χ3n) is 2.80. The molecule has 2 rings (SSSR count). The summed E-state index contributed by atoms with van der Waals surface area (Å²) in [6.45, 7) is 8.47. The van der Waals surface area contributed by atoms with Crippen molar-refractivity contribution in [3.8, 4) is 5.75 Å². The van der Waals surface area contributed by atoms with Gasteiger partial charge in [0, 0.05) is 10.9 Å². The first kappa shape index (κ1) is 14.3. The topological polar surface area (TPSA) is 33.6 Å². The summed E-state index contributed by atoms with van der Waals surface area (Å²) in [7, 11) is 0. The van der Waals surface area contributed by atoms with E-state index in [0.29, 0.717) is 11.3 Å². The van der Waals surface area contributed by atoms with Crippen molar-refractivity contribution in [2.45, 2.75) is 51.5 Å². The average molecular weight is 278 g/mol. The summed E-state index contributed by atoms with van der Waals surface area (Å²) < 4.78 is 5.63. The van der Waals surface area contributed by atoms with Gasteiger partial charge in [0.15, 0.2) is 5.17 Å². The van der Waals surface area contributed by atoms with E-state index in [4.69, 9.17) is 4.74 Å². The summed E-state index contributed by atoms with van der Waals surface area (Å²) in [5.41, 5.74) is 1.06. The molecule has 3 nitrogen and oxygen atoms in total.